The highest BCUT2D eigenvalue weighted by atomic mass is 16.4. The van der Waals surface area contributed by atoms with E-state index in [2.05, 4.69) is 5.32 Å². The van der Waals surface area contributed by atoms with Gasteiger partial charge in [0.1, 0.15) is 11.3 Å². The number of fused-ring (bicyclic) bond motifs is 1. The molecule has 0 spiro atoms. The number of rotatable bonds is 4. The number of hydrogen-bond donors (Lipinski definition) is 2. The van der Waals surface area contributed by atoms with Gasteiger partial charge in [-0.3, -0.25) is 4.79 Å². The first-order valence-corrected chi connectivity index (χ1v) is 6.52. The third-order valence-electron chi connectivity index (χ3n) is 3.27. The number of carbonyl (C=O) groups is 2. The highest BCUT2D eigenvalue weighted by Crippen LogP contribution is 2.29. The molecule has 2 aromatic rings. The molecule has 0 atom stereocenters. The lowest BCUT2D eigenvalue weighted by Crippen LogP contribution is -2.38. The minimum Gasteiger partial charge on any atom is -0.548 e. The molecule has 7 nitrogen and oxygen atoms in total. The predicted octanol–water partition coefficient (Wildman–Crippen LogP) is -0.476. The number of carbonyl (C=O) groups excluding carboxylic acids is 2. The van der Waals surface area contributed by atoms with Crippen molar-refractivity contribution >= 4 is 22.8 Å². The molecule has 0 radical (unpaired) electrons. The molecule has 2 rings (SSSR count). The Morgan fingerprint density at radius 3 is 2.64 bits per heavy atom. The van der Waals surface area contributed by atoms with Crippen LogP contribution >= 0.6 is 0 Å². The molecule has 0 saturated heterocycles. The van der Waals surface area contributed by atoms with Crippen molar-refractivity contribution in [3.63, 3.8) is 0 Å². The van der Waals surface area contributed by atoms with Crippen LogP contribution in [0.4, 0.5) is 0 Å². The van der Waals surface area contributed by atoms with E-state index in [1.165, 1.54) is 6.07 Å². The number of benzene rings is 1. The number of phenols is 1. The monoisotopic (exact) mass is 304 g/mol. The van der Waals surface area contributed by atoms with E-state index < -0.39 is 24.0 Å². The SMILES string of the molecule is Cc1cc(O)c2c(C)c(CC(=O)NCC(=O)[O-])c(=O)oc2c1. The largest absolute Gasteiger partial charge is 0.548 e. The second-order valence-electron chi connectivity index (χ2n) is 4.98. The molecule has 0 unspecified atom stereocenters. The number of aromatic hydroxyl groups is 1. The molecule has 0 aliphatic carbocycles. The van der Waals surface area contributed by atoms with Crippen LogP contribution in [0.15, 0.2) is 21.3 Å². The molecule has 22 heavy (non-hydrogen) atoms. The van der Waals surface area contributed by atoms with Crippen molar-refractivity contribution in [2.24, 2.45) is 0 Å². The molecule has 1 amide bonds. The van der Waals surface area contributed by atoms with Gasteiger partial charge in [0.2, 0.25) is 5.91 Å². The standard InChI is InChI=1S/C15H15NO6/c1-7-3-10(17)14-8(2)9(15(21)22-11(14)4-7)5-12(18)16-6-13(19)20/h3-4,17H,5-6H2,1-2H3,(H,16,18)(H,19,20)/p-1. The molecule has 116 valence electrons. The first kappa shape index (κ1) is 15.6. The number of carboxylic acids is 1. The van der Waals surface area contributed by atoms with Crippen LogP contribution < -0.4 is 16.0 Å². The van der Waals surface area contributed by atoms with E-state index in [4.69, 9.17) is 4.42 Å². The smallest absolute Gasteiger partial charge is 0.340 e. The Labute approximate surface area is 125 Å². The topological polar surface area (TPSA) is 120 Å². The Morgan fingerprint density at radius 1 is 1.32 bits per heavy atom. The lowest BCUT2D eigenvalue weighted by Gasteiger charge is -2.10. The molecule has 0 fully saturated rings. The molecule has 2 N–H and O–H groups in total. The van der Waals surface area contributed by atoms with Crippen molar-refractivity contribution < 1.29 is 24.2 Å². The summed E-state index contributed by atoms with van der Waals surface area (Å²) in [6.45, 7) is 2.70. The molecule has 1 aromatic heterocycles. The van der Waals surface area contributed by atoms with Crippen LogP contribution in [0.3, 0.4) is 0 Å². The summed E-state index contributed by atoms with van der Waals surface area (Å²) in [6.07, 6.45) is -0.343. The van der Waals surface area contributed by atoms with Gasteiger partial charge in [0.25, 0.3) is 0 Å². The highest BCUT2D eigenvalue weighted by molar-refractivity contribution is 5.89. The van der Waals surface area contributed by atoms with Crippen molar-refractivity contribution in [3.8, 4) is 5.75 Å². The first-order chi connectivity index (χ1) is 10.3. The summed E-state index contributed by atoms with van der Waals surface area (Å²) in [5, 5.41) is 22.8. The molecule has 7 heteroatoms. The van der Waals surface area contributed by atoms with Crippen molar-refractivity contribution in [3.05, 3.63) is 39.2 Å². The minimum atomic E-state index is -1.43. The van der Waals surface area contributed by atoms with Crippen molar-refractivity contribution in [2.45, 2.75) is 20.3 Å². The molecule has 0 aliphatic rings. The summed E-state index contributed by atoms with van der Waals surface area (Å²) in [5.74, 6) is -2.12. The lowest BCUT2D eigenvalue weighted by molar-refractivity contribution is -0.304. The molecular formula is C15H14NO6-. The van der Waals surface area contributed by atoms with Crippen LogP contribution in [-0.2, 0) is 16.0 Å². The van der Waals surface area contributed by atoms with Gasteiger partial charge in [0, 0.05) is 0 Å². The van der Waals surface area contributed by atoms with E-state index in [1.807, 2.05) is 0 Å². The van der Waals surface area contributed by atoms with Gasteiger partial charge in [-0.15, -0.1) is 0 Å². The number of nitrogens with one attached hydrogen (secondary N) is 1. The maximum absolute atomic E-state index is 12.0. The highest BCUT2D eigenvalue weighted by Gasteiger charge is 2.17. The summed E-state index contributed by atoms with van der Waals surface area (Å²) in [7, 11) is 0. The fourth-order valence-corrected chi connectivity index (χ4v) is 2.26. The van der Waals surface area contributed by atoms with Crippen molar-refractivity contribution in [2.75, 3.05) is 6.54 Å². The number of aryl methyl sites for hydroxylation is 2. The summed E-state index contributed by atoms with van der Waals surface area (Å²) in [6, 6.07) is 3.14. The Hall–Kier alpha value is -2.83. The van der Waals surface area contributed by atoms with Crippen molar-refractivity contribution in [1.82, 2.24) is 5.32 Å². The fourth-order valence-electron chi connectivity index (χ4n) is 2.26. The van der Waals surface area contributed by atoms with Crippen LogP contribution in [0.2, 0.25) is 0 Å². The first-order valence-electron chi connectivity index (χ1n) is 6.52. The van der Waals surface area contributed by atoms with E-state index in [0.29, 0.717) is 10.9 Å². The van der Waals surface area contributed by atoms with Gasteiger partial charge < -0.3 is 24.7 Å². The van der Waals surface area contributed by atoms with Crippen LogP contribution in [0.5, 0.6) is 5.75 Å². The van der Waals surface area contributed by atoms with Gasteiger partial charge in [0.15, 0.2) is 0 Å². The summed E-state index contributed by atoms with van der Waals surface area (Å²) in [4.78, 5) is 33.9. The Morgan fingerprint density at radius 2 is 2.00 bits per heavy atom. The van der Waals surface area contributed by atoms with E-state index in [-0.39, 0.29) is 23.3 Å². The molecular weight excluding hydrogens is 290 g/mol. The maximum Gasteiger partial charge on any atom is 0.340 e. The van der Waals surface area contributed by atoms with Crippen molar-refractivity contribution in [1.29, 1.82) is 0 Å². The minimum absolute atomic E-state index is 0.0485. The normalized spacial score (nSPS) is 10.6. The fraction of sp³-hybridized carbons (Fsp3) is 0.267. The lowest BCUT2D eigenvalue weighted by atomic mass is 10.0. The van der Waals surface area contributed by atoms with Crippen LogP contribution in [0.25, 0.3) is 11.0 Å². The molecule has 0 aliphatic heterocycles. The zero-order chi connectivity index (χ0) is 16.4. The third-order valence-corrected chi connectivity index (χ3v) is 3.27. The van der Waals surface area contributed by atoms with E-state index in [9.17, 15) is 24.6 Å². The average Bonchev–Trinajstić information content (AvgIpc) is 2.40. The van der Waals surface area contributed by atoms with Gasteiger partial charge in [-0.1, -0.05) is 0 Å². The second kappa shape index (κ2) is 5.88. The molecule has 0 saturated carbocycles. The molecule has 1 aromatic carbocycles. The average molecular weight is 304 g/mol. The number of hydrogen-bond acceptors (Lipinski definition) is 6. The number of carboxylic acid groups (broad SMARTS) is 1. The molecule has 0 bridgehead atoms. The Bertz CT molecular complexity index is 821. The van der Waals surface area contributed by atoms with Crippen LogP contribution in [-0.4, -0.2) is 23.5 Å². The third kappa shape index (κ3) is 3.08. The van der Waals surface area contributed by atoms with Gasteiger partial charge in [0.05, 0.1) is 29.9 Å². The number of aliphatic carboxylic acids is 1. The van der Waals surface area contributed by atoms with Gasteiger partial charge in [-0.25, -0.2) is 4.79 Å². The zero-order valence-electron chi connectivity index (χ0n) is 12.1. The summed E-state index contributed by atoms with van der Waals surface area (Å²) >= 11 is 0. The maximum atomic E-state index is 12.0. The summed E-state index contributed by atoms with van der Waals surface area (Å²) < 4.78 is 5.14. The predicted molar refractivity (Wildman–Crippen MR) is 75.3 cm³/mol. The van der Waals surface area contributed by atoms with Gasteiger partial charge in [-0.05, 0) is 37.1 Å². The quantitative estimate of drug-likeness (QED) is 0.736. The Balaban J connectivity index is 2.45. The Kier molecular flexibility index (Phi) is 4.16. The summed E-state index contributed by atoms with van der Waals surface area (Å²) in [5.41, 5.74) is 0.763. The van der Waals surface area contributed by atoms with E-state index in [1.54, 1.807) is 19.9 Å². The van der Waals surface area contributed by atoms with Crippen LogP contribution in [0.1, 0.15) is 16.7 Å². The van der Waals surface area contributed by atoms with E-state index >= 15 is 0 Å². The number of phenolic OH excluding ortho intramolecular Hbond substituents is 1. The van der Waals surface area contributed by atoms with E-state index in [0.717, 1.165) is 5.56 Å². The van der Waals surface area contributed by atoms with Gasteiger partial charge >= 0.3 is 5.63 Å². The second-order valence-corrected chi connectivity index (χ2v) is 4.98. The zero-order valence-corrected chi connectivity index (χ0v) is 12.1. The number of amides is 1. The van der Waals surface area contributed by atoms with Gasteiger partial charge in [-0.2, -0.15) is 0 Å². The molecule has 1 heterocycles. The van der Waals surface area contributed by atoms with Crippen LogP contribution in [0, 0.1) is 13.8 Å².